The van der Waals surface area contributed by atoms with Gasteiger partial charge in [-0.05, 0) is 40.8 Å². The first kappa shape index (κ1) is 11.4. The zero-order valence-electron chi connectivity index (χ0n) is 11.4. The zero-order valence-corrected chi connectivity index (χ0v) is 11.4. The second kappa shape index (κ2) is 4.04. The fourth-order valence-corrected chi connectivity index (χ4v) is 3.42. The Morgan fingerprint density at radius 3 is 1.90 bits per heavy atom. The molecule has 0 saturated carbocycles. The monoisotopic (exact) mass is 257 g/mol. The lowest BCUT2D eigenvalue weighted by atomic mass is 9.75. The third-order valence-corrected chi connectivity index (χ3v) is 4.46. The van der Waals surface area contributed by atoms with E-state index in [9.17, 15) is 0 Å². The van der Waals surface area contributed by atoms with E-state index in [0.717, 1.165) is 0 Å². The predicted molar refractivity (Wildman–Crippen MR) is 81.7 cm³/mol. The van der Waals surface area contributed by atoms with Gasteiger partial charge in [0.05, 0.1) is 0 Å². The van der Waals surface area contributed by atoms with Gasteiger partial charge < -0.3 is 0 Å². The van der Waals surface area contributed by atoms with E-state index < -0.39 is 0 Å². The molecule has 96 valence electrons. The van der Waals surface area contributed by atoms with Crippen LogP contribution in [0.3, 0.4) is 0 Å². The number of hydrogen-bond donors (Lipinski definition) is 0. The second-order valence-electron chi connectivity index (χ2n) is 5.46. The molecule has 4 rings (SSSR count). The number of pyridine rings is 1. The first-order valence-electron chi connectivity index (χ1n) is 6.92. The van der Waals surface area contributed by atoms with Crippen LogP contribution in [0.5, 0.6) is 0 Å². The van der Waals surface area contributed by atoms with Gasteiger partial charge in [-0.2, -0.15) is 0 Å². The molecule has 1 heteroatoms. The van der Waals surface area contributed by atoms with Gasteiger partial charge in [0.25, 0.3) is 0 Å². The van der Waals surface area contributed by atoms with Crippen LogP contribution in [0.2, 0.25) is 0 Å². The molecule has 1 aromatic heterocycles. The van der Waals surface area contributed by atoms with Gasteiger partial charge in [-0.15, -0.1) is 0 Å². The first-order valence-corrected chi connectivity index (χ1v) is 6.92. The maximum atomic E-state index is 4.32. The highest BCUT2D eigenvalue weighted by Gasteiger charge is 2.40. The minimum Gasteiger partial charge on any atom is -0.264 e. The normalized spacial score (nSPS) is 14.7. The van der Waals surface area contributed by atoms with Crippen molar-refractivity contribution in [1.82, 2.24) is 4.98 Å². The Labute approximate surface area is 118 Å². The largest absolute Gasteiger partial charge is 0.264 e. The molecule has 3 aromatic rings. The highest BCUT2D eigenvalue weighted by molar-refractivity contribution is 5.82. The molecule has 0 fully saturated rings. The average molecular weight is 257 g/mol. The van der Waals surface area contributed by atoms with Gasteiger partial charge in [0, 0.05) is 17.8 Å². The van der Waals surface area contributed by atoms with Crippen LogP contribution in [-0.4, -0.2) is 4.98 Å². The summed E-state index contributed by atoms with van der Waals surface area (Å²) in [5, 5.41) is 0. The number of benzene rings is 2. The highest BCUT2D eigenvalue weighted by atomic mass is 14.6. The molecule has 0 bridgehead atoms. The SMILES string of the molecule is CC1(c2cccnc2)c2ccccc2-c2ccccc21. The number of fused-ring (bicyclic) bond motifs is 3. The minimum absolute atomic E-state index is 0.110. The third kappa shape index (κ3) is 1.35. The minimum atomic E-state index is -0.110. The molecule has 0 N–H and O–H groups in total. The van der Waals surface area contributed by atoms with E-state index in [-0.39, 0.29) is 5.41 Å². The van der Waals surface area contributed by atoms with E-state index in [2.05, 4.69) is 66.5 Å². The summed E-state index contributed by atoms with van der Waals surface area (Å²) in [6.45, 7) is 2.30. The van der Waals surface area contributed by atoms with Crippen molar-refractivity contribution in [2.24, 2.45) is 0 Å². The lowest BCUT2D eigenvalue weighted by molar-refractivity contribution is 0.709. The maximum Gasteiger partial charge on any atom is 0.0450 e. The van der Waals surface area contributed by atoms with Gasteiger partial charge in [0.15, 0.2) is 0 Å². The van der Waals surface area contributed by atoms with Gasteiger partial charge in [-0.25, -0.2) is 0 Å². The third-order valence-electron chi connectivity index (χ3n) is 4.46. The summed E-state index contributed by atoms with van der Waals surface area (Å²) in [5.41, 5.74) is 6.56. The lowest BCUT2D eigenvalue weighted by Gasteiger charge is -2.27. The Morgan fingerprint density at radius 2 is 1.35 bits per heavy atom. The highest BCUT2D eigenvalue weighted by Crippen LogP contribution is 2.51. The van der Waals surface area contributed by atoms with Crippen LogP contribution in [0.1, 0.15) is 23.6 Å². The average Bonchev–Trinajstić information content (AvgIpc) is 2.80. The van der Waals surface area contributed by atoms with Crippen molar-refractivity contribution in [3.05, 3.63) is 89.7 Å². The summed E-state index contributed by atoms with van der Waals surface area (Å²) < 4.78 is 0. The molecule has 0 amide bonds. The Bertz CT molecular complexity index is 729. The fourth-order valence-electron chi connectivity index (χ4n) is 3.42. The zero-order chi connectivity index (χ0) is 13.6. The van der Waals surface area contributed by atoms with Crippen LogP contribution >= 0.6 is 0 Å². The van der Waals surface area contributed by atoms with E-state index in [1.165, 1.54) is 27.8 Å². The molecular weight excluding hydrogens is 242 g/mol. The van der Waals surface area contributed by atoms with E-state index >= 15 is 0 Å². The molecule has 0 atom stereocenters. The van der Waals surface area contributed by atoms with Crippen molar-refractivity contribution in [2.75, 3.05) is 0 Å². The molecule has 0 radical (unpaired) electrons. The van der Waals surface area contributed by atoms with Crippen LogP contribution in [0, 0.1) is 0 Å². The van der Waals surface area contributed by atoms with Crippen molar-refractivity contribution >= 4 is 0 Å². The van der Waals surface area contributed by atoms with Crippen LogP contribution in [-0.2, 0) is 5.41 Å². The Hall–Kier alpha value is -2.41. The van der Waals surface area contributed by atoms with Crippen LogP contribution in [0.4, 0.5) is 0 Å². The van der Waals surface area contributed by atoms with Crippen LogP contribution in [0.25, 0.3) is 11.1 Å². The Balaban J connectivity index is 2.10. The maximum absolute atomic E-state index is 4.32. The van der Waals surface area contributed by atoms with Gasteiger partial charge in [0.1, 0.15) is 0 Å². The fraction of sp³-hybridized carbons (Fsp3) is 0.105. The number of hydrogen-bond acceptors (Lipinski definition) is 1. The van der Waals surface area contributed by atoms with Gasteiger partial charge in [-0.3, -0.25) is 4.98 Å². The quantitative estimate of drug-likeness (QED) is 0.629. The molecule has 1 aliphatic carbocycles. The summed E-state index contributed by atoms with van der Waals surface area (Å²) in [7, 11) is 0. The van der Waals surface area contributed by atoms with Crippen LogP contribution in [0.15, 0.2) is 73.1 Å². The molecule has 0 unspecified atom stereocenters. The molecule has 2 aromatic carbocycles. The molecule has 0 saturated heterocycles. The molecule has 1 nitrogen and oxygen atoms in total. The number of nitrogens with zero attached hydrogens (tertiary/aromatic N) is 1. The van der Waals surface area contributed by atoms with Gasteiger partial charge >= 0.3 is 0 Å². The molecule has 1 aliphatic rings. The van der Waals surface area contributed by atoms with Crippen molar-refractivity contribution < 1.29 is 0 Å². The summed E-state index contributed by atoms with van der Waals surface area (Å²) in [6.07, 6.45) is 3.82. The van der Waals surface area contributed by atoms with Crippen molar-refractivity contribution in [1.29, 1.82) is 0 Å². The lowest BCUT2D eigenvalue weighted by Crippen LogP contribution is -2.22. The van der Waals surface area contributed by atoms with Crippen molar-refractivity contribution in [3.8, 4) is 11.1 Å². The van der Waals surface area contributed by atoms with Gasteiger partial charge in [-0.1, -0.05) is 54.6 Å². The topological polar surface area (TPSA) is 12.9 Å². The molecule has 1 heterocycles. The summed E-state index contributed by atoms with van der Waals surface area (Å²) >= 11 is 0. The van der Waals surface area contributed by atoms with E-state index in [4.69, 9.17) is 0 Å². The second-order valence-corrected chi connectivity index (χ2v) is 5.46. The summed E-state index contributed by atoms with van der Waals surface area (Å²) in [5.74, 6) is 0. The molecule has 0 spiro atoms. The smallest absolute Gasteiger partial charge is 0.0450 e. The number of aromatic nitrogens is 1. The molecule has 20 heavy (non-hydrogen) atoms. The predicted octanol–water partition coefficient (Wildman–Crippen LogP) is 4.42. The molecular formula is C19H15N. The van der Waals surface area contributed by atoms with Gasteiger partial charge in [0.2, 0.25) is 0 Å². The van der Waals surface area contributed by atoms with Crippen molar-refractivity contribution in [2.45, 2.75) is 12.3 Å². The Morgan fingerprint density at radius 1 is 0.750 bits per heavy atom. The van der Waals surface area contributed by atoms with E-state index in [1.54, 1.807) is 0 Å². The standard InChI is InChI=1S/C19H15N/c1-19(14-7-6-12-20-13-14)17-10-4-2-8-15(17)16-9-3-5-11-18(16)19/h2-13H,1H3. The molecule has 0 aliphatic heterocycles. The van der Waals surface area contributed by atoms with Crippen molar-refractivity contribution in [3.63, 3.8) is 0 Å². The number of rotatable bonds is 1. The first-order chi connectivity index (χ1) is 9.82. The Kier molecular flexibility index (Phi) is 2.31. The van der Waals surface area contributed by atoms with E-state index in [0.29, 0.717) is 0 Å². The van der Waals surface area contributed by atoms with Crippen LogP contribution < -0.4 is 0 Å². The summed E-state index contributed by atoms with van der Waals surface area (Å²) in [4.78, 5) is 4.32. The van der Waals surface area contributed by atoms with E-state index in [1.807, 2.05) is 18.5 Å². The summed E-state index contributed by atoms with van der Waals surface area (Å²) in [6, 6.07) is 21.6.